The molecule has 7 heteroatoms. The molecule has 0 spiro atoms. The summed E-state index contributed by atoms with van der Waals surface area (Å²) >= 11 is 1.53. The zero-order valence-electron chi connectivity index (χ0n) is 14.1. The maximum Gasteiger partial charge on any atom is 0.258 e. The molecule has 1 amide bonds. The standard InChI is InChI=1S/C20H14FN3O2S/c21-15-8-3-2-7-14(15)20(25)22-16-9-4-1-6-13(16)12-18-23-19(24-26-18)17-10-5-11-27-17/h1-11H,12H2,(H,22,25). The Morgan fingerprint density at radius 1 is 1.07 bits per heavy atom. The number of nitrogens with one attached hydrogen (secondary N) is 1. The lowest BCUT2D eigenvalue weighted by Crippen LogP contribution is -2.15. The molecular weight excluding hydrogens is 365 g/mol. The number of para-hydroxylation sites is 1. The van der Waals surface area contributed by atoms with E-state index in [-0.39, 0.29) is 5.56 Å². The molecule has 0 bridgehead atoms. The minimum atomic E-state index is -0.565. The van der Waals surface area contributed by atoms with Crippen LogP contribution in [0.3, 0.4) is 0 Å². The molecule has 0 unspecified atom stereocenters. The maximum absolute atomic E-state index is 13.8. The van der Waals surface area contributed by atoms with Crippen LogP contribution in [0.1, 0.15) is 21.8 Å². The second-order valence-electron chi connectivity index (χ2n) is 5.76. The van der Waals surface area contributed by atoms with Gasteiger partial charge in [-0.1, -0.05) is 41.6 Å². The Morgan fingerprint density at radius 3 is 2.70 bits per heavy atom. The Morgan fingerprint density at radius 2 is 1.89 bits per heavy atom. The van der Waals surface area contributed by atoms with Gasteiger partial charge in [-0.15, -0.1) is 11.3 Å². The smallest absolute Gasteiger partial charge is 0.258 e. The summed E-state index contributed by atoms with van der Waals surface area (Å²) in [7, 11) is 0. The number of carbonyl (C=O) groups is 1. The van der Waals surface area contributed by atoms with E-state index in [9.17, 15) is 9.18 Å². The van der Waals surface area contributed by atoms with Crippen molar-refractivity contribution in [2.24, 2.45) is 0 Å². The van der Waals surface area contributed by atoms with E-state index in [0.717, 1.165) is 10.4 Å². The van der Waals surface area contributed by atoms with Gasteiger partial charge >= 0.3 is 0 Å². The molecule has 134 valence electrons. The molecular formula is C20H14FN3O2S. The topological polar surface area (TPSA) is 68.0 Å². The Kier molecular flexibility index (Phi) is 4.76. The number of nitrogens with zero attached hydrogens (tertiary/aromatic N) is 2. The Balaban J connectivity index is 1.55. The van der Waals surface area contributed by atoms with Crippen molar-refractivity contribution in [1.29, 1.82) is 0 Å². The van der Waals surface area contributed by atoms with E-state index in [1.165, 1.54) is 23.5 Å². The first-order valence-corrected chi connectivity index (χ1v) is 9.09. The normalized spacial score (nSPS) is 10.7. The third kappa shape index (κ3) is 3.78. The molecule has 0 atom stereocenters. The van der Waals surface area contributed by atoms with Crippen LogP contribution in [0.2, 0.25) is 0 Å². The van der Waals surface area contributed by atoms with Crippen molar-refractivity contribution in [3.05, 3.63) is 88.9 Å². The van der Waals surface area contributed by atoms with E-state index in [4.69, 9.17) is 4.52 Å². The van der Waals surface area contributed by atoms with Gasteiger partial charge in [-0.2, -0.15) is 4.98 Å². The van der Waals surface area contributed by atoms with Crippen LogP contribution >= 0.6 is 11.3 Å². The molecule has 4 aromatic rings. The summed E-state index contributed by atoms with van der Waals surface area (Å²) in [6.07, 6.45) is 0.353. The molecule has 0 saturated heterocycles. The summed E-state index contributed by atoms with van der Waals surface area (Å²) in [4.78, 5) is 17.7. The number of rotatable bonds is 5. The summed E-state index contributed by atoms with van der Waals surface area (Å²) in [5.74, 6) is -0.103. The largest absolute Gasteiger partial charge is 0.339 e. The van der Waals surface area contributed by atoms with E-state index in [0.29, 0.717) is 23.8 Å². The fraction of sp³-hybridized carbons (Fsp3) is 0.0500. The third-order valence-electron chi connectivity index (χ3n) is 3.94. The van der Waals surface area contributed by atoms with Gasteiger partial charge in [0.2, 0.25) is 11.7 Å². The molecule has 27 heavy (non-hydrogen) atoms. The van der Waals surface area contributed by atoms with Gasteiger partial charge in [-0.3, -0.25) is 4.79 Å². The molecule has 4 rings (SSSR count). The van der Waals surface area contributed by atoms with Crippen molar-refractivity contribution < 1.29 is 13.7 Å². The van der Waals surface area contributed by atoms with Gasteiger partial charge < -0.3 is 9.84 Å². The minimum absolute atomic E-state index is 0.00919. The summed E-state index contributed by atoms with van der Waals surface area (Å²) in [6, 6.07) is 17.0. The molecule has 0 aliphatic rings. The fourth-order valence-electron chi connectivity index (χ4n) is 2.63. The molecule has 0 radical (unpaired) electrons. The molecule has 2 heterocycles. The summed E-state index contributed by atoms with van der Waals surface area (Å²) in [5, 5.41) is 8.69. The lowest BCUT2D eigenvalue weighted by atomic mass is 10.1. The number of benzene rings is 2. The lowest BCUT2D eigenvalue weighted by molar-refractivity contribution is 0.102. The number of thiophene rings is 1. The molecule has 2 aromatic heterocycles. The molecule has 0 aliphatic carbocycles. The Labute approximate surface area is 158 Å². The summed E-state index contributed by atoms with van der Waals surface area (Å²) in [5.41, 5.74) is 1.36. The van der Waals surface area contributed by atoms with E-state index in [2.05, 4.69) is 15.5 Å². The first kappa shape index (κ1) is 17.1. The zero-order chi connectivity index (χ0) is 18.6. The van der Waals surface area contributed by atoms with Crippen LogP contribution in [0.4, 0.5) is 10.1 Å². The van der Waals surface area contributed by atoms with E-state index in [1.807, 2.05) is 29.6 Å². The highest BCUT2D eigenvalue weighted by Gasteiger charge is 2.15. The van der Waals surface area contributed by atoms with Crippen LogP contribution in [0.5, 0.6) is 0 Å². The third-order valence-corrected chi connectivity index (χ3v) is 4.80. The number of halogens is 1. The van der Waals surface area contributed by atoms with Crippen LogP contribution < -0.4 is 5.32 Å². The molecule has 0 aliphatic heterocycles. The van der Waals surface area contributed by atoms with Crippen LogP contribution in [0, 0.1) is 5.82 Å². The van der Waals surface area contributed by atoms with Crippen molar-refractivity contribution >= 4 is 22.9 Å². The highest BCUT2D eigenvalue weighted by atomic mass is 32.1. The highest BCUT2D eigenvalue weighted by Crippen LogP contribution is 2.24. The van der Waals surface area contributed by atoms with Crippen LogP contribution in [0.15, 0.2) is 70.6 Å². The number of carbonyl (C=O) groups excluding carboxylic acids is 1. The molecule has 0 saturated carbocycles. The van der Waals surface area contributed by atoms with Gasteiger partial charge in [-0.05, 0) is 35.2 Å². The predicted octanol–water partition coefficient (Wildman–Crippen LogP) is 4.78. The van der Waals surface area contributed by atoms with E-state index < -0.39 is 11.7 Å². The SMILES string of the molecule is O=C(Nc1ccccc1Cc1nc(-c2cccs2)no1)c1ccccc1F. The van der Waals surface area contributed by atoms with Crippen molar-refractivity contribution in [2.75, 3.05) is 5.32 Å². The average Bonchev–Trinajstić information content (AvgIpc) is 3.35. The minimum Gasteiger partial charge on any atom is -0.339 e. The summed E-state index contributed by atoms with van der Waals surface area (Å²) in [6.45, 7) is 0. The fourth-order valence-corrected chi connectivity index (χ4v) is 3.28. The Hall–Kier alpha value is -3.32. The number of aromatic nitrogens is 2. The molecule has 0 fully saturated rings. The number of hydrogen-bond donors (Lipinski definition) is 1. The van der Waals surface area contributed by atoms with Gasteiger partial charge in [0.1, 0.15) is 5.82 Å². The van der Waals surface area contributed by atoms with Crippen LogP contribution in [-0.4, -0.2) is 16.0 Å². The van der Waals surface area contributed by atoms with Gasteiger partial charge in [0.15, 0.2) is 0 Å². The van der Waals surface area contributed by atoms with E-state index in [1.54, 1.807) is 24.3 Å². The Bertz CT molecular complexity index is 1080. The lowest BCUT2D eigenvalue weighted by Gasteiger charge is -2.10. The molecule has 2 aromatic carbocycles. The number of hydrogen-bond acceptors (Lipinski definition) is 5. The van der Waals surface area contributed by atoms with E-state index >= 15 is 0 Å². The van der Waals surface area contributed by atoms with Gasteiger partial charge in [0, 0.05) is 5.69 Å². The second kappa shape index (κ2) is 7.51. The van der Waals surface area contributed by atoms with Gasteiger partial charge in [0.05, 0.1) is 16.9 Å². The number of anilines is 1. The monoisotopic (exact) mass is 379 g/mol. The highest BCUT2D eigenvalue weighted by molar-refractivity contribution is 7.13. The van der Waals surface area contributed by atoms with Gasteiger partial charge in [-0.25, -0.2) is 4.39 Å². The van der Waals surface area contributed by atoms with Crippen molar-refractivity contribution in [3.8, 4) is 10.7 Å². The number of amides is 1. The van der Waals surface area contributed by atoms with Crippen molar-refractivity contribution in [3.63, 3.8) is 0 Å². The molecule has 1 N–H and O–H groups in total. The average molecular weight is 379 g/mol. The second-order valence-corrected chi connectivity index (χ2v) is 6.70. The van der Waals surface area contributed by atoms with Crippen molar-refractivity contribution in [2.45, 2.75) is 6.42 Å². The van der Waals surface area contributed by atoms with Gasteiger partial charge in [0.25, 0.3) is 5.91 Å². The predicted molar refractivity (Wildman–Crippen MR) is 101 cm³/mol. The van der Waals surface area contributed by atoms with Crippen LogP contribution in [-0.2, 0) is 6.42 Å². The summed E-state index contributed by atoms with van der Waals surface area (Å²) < 4.78 is 19.2. The maximum atomic E-state index is 13.8. The van der Waals surface area contributed by atoms with Crippen molar-refractivity contribution in [1.82, 2.24) is 10.1 Å². The molecule has 5 nitrogen and oxygen atoms in total. The first-order chi connectivity index (χ1) is 13.2. The quantitative estimate of drug-likeness (QED) is 0.542. The zero-order valence-corrected chi connectivity index (χ0v) is 14.9. The first-order valence-electron chi connectivity index (χ1n) is 8.21. The van der Waals surface area contributed by atoms with Crippen LogP contribution in [0.25, 0.3) is 10.7 Å².